The van der Waals surface area contributed by atoms with Crippen LogP contribution in [0.3, 0.4) is 0 Å². The van der Waals surface area contributed by atoms with Gasteiger partial charge in [0.05, 0.1) is 16.3 Å². The number of nitrogens with zero attached hydrogens (tertiary/aromatic N) is 2. The number of nitrogens with one attached hydrogen (secondary N) is 1. The van der Waals surface area contributed by atoms with Crippen LogP contribution in [-0.2, 0) is 0 Å². The van der Waals surface area contributed by atoms with Gasteiger partial charge in [-0.2, -0.15) is 5.26 Å². The Bertz CT molecular complexity index is 945. The van der Waals surface area contributed by atoms with Gasteiger partial charge in [-0.25, -0.2) is 4.98 Å². The fourth-order valence-electron chi connectivity index (χ4n) is 2.18. The van der Waals surface area contributed by atoms with Gasteiger partial charge in [-0.05, 0) is 25.1 Å². The van der Waals surface area contributed by atoms with Crippen LogP contribution in [0, 0.1) is 18.3 Å². The number of halogens is 1. The van der Waals surface area contributed by atoms with Gasteiger partial charge >= 0.3 is 0 Å². The van der Waals surface area contributed by atoms with Crippen LogP contribution in [0.25, 0.3) is 10.6 Å². The molecule has 0 saturated carbocycles. The Balaban J connectivity index is 1.85. The third-order valence-corrected chi connectivity index (χ3v) is 4.89. The highest BCUT2D eigenvalue weighted by Crippen LogP contribution is 2.28. The summed E-state index contributed by atoms with van der Waals surface area (Å²) in [4.78, 5) is 17.5. The van der Waals surface area contributed by atoms with Gasteiger partial charge in [0.1, 0.15) is 16.0 Å². The van der Waals surface area contributed by atoms with Gasteiger partial charge < -0.3 is 5.32 Å². The molecule has 3 rings (SSSR count). The predicted octanol–water partition coefficient (Wildman–Crippen LogP) is 4.90. The summed E-state index contributed by atoms with van der Waals surface area (Å²) in [6.45, 7) is 1.81. The zero-order chi connectivity index (χ0) is 17.1. The molecule has 24 heavy (non-hydrogen) atoms. The highest BCUT2D eigenvalue weighted by Gasteiger charge is 2.16. The summed E-state index contributed by atoms with van der Waals surface area (Å²) < 4.78 is 0. The van der Waals surface area contributed by atoms with E-state index in [9.17, 15) is 4.79 Å². The van der Waals surface area contributed by atoms with Gasteiger partial charge in [0, 0.05) is 11.3 Å². The van der Waals surface area contributed by atoms with Crippen molar-refractivity contribution in [1.29, 1.82) is 5.26 Å². The van der Waals surface area contributed by atoms with Crippen molar-refractivity contribution in [3.8, 4) is 16.6 Å². The van der Waals surface area contributed by atoms with Crippen LogP contribution in [0.4, 0.5) is 5.69 Å². The first kappa shape index (κ1) is 16.2. The van der Waals surface area contributed by atoms with Crippen LogP contribution in [0.15, 0.2) is 48.5 Å². The first-order valence-electron chi connectivity index (χ1n) is 7.12. The van der Waals surface area contributed by atoms with Crippen LogP contribution in [-0.4, -0.2) is 10.9 Å². The molecule has 1 N–H and O–H groups in total. The van der Waals surface area contributed by atoms with Gasteiger partial charge in [-0.3, -0.25) is 4.79 Å². The number of carbonyl (C=O) groups is 1. The van der Waals surface area contributed by atoms with Crippen molar-refractivity contribution in [2.75, 3.05) is 5.32 Å². The Morgan fingerprint density at radius 2 is 2.00 bits per heavy atom. The Morgan fingerprint density at radius 1 is 1.25 bits per heavy atom. The van der Waals surface area contributed by atoms with Crippen molar-refractivity contribution in [1.82, 2.24) is 4.98 Å². The Morgan fingerprint density at radius 3 is 2.67 bits per heavy atom. The first-order valence-corrected chi connectivity index (χ1v) is 8.32. The molecule has 0 saturated heterocycles. The average Bonchev–Trinajstić information content (AvgIpc) is 2.98. The maximum Gasteiger partial charge on any atom is 0.267 e. The summed E-state index contributed by atoms with van der Waals surface area (Å²) in [5, 5.41) is 12.8. The lowest BCUT2D eigenvalue weighted by atomic mass is 10.2. The van der Waals surface area contributed by atoms with E-state index in [0.29, 0.717) is 26.8 Å². The molecule has 3 aromatic rings. The number of hydrogen-bond acceptors (Lipinski definition) is 4. The molecule has 0 spiro atoms. The summed E-state index contributed by atoms with van der Waals surface area (Å²) >= 11 is 7.33. The van der Waals surface area contributed by atoms with E-state index >= 15 is 0 Å². The second-order valence-corrected chi connectivity index (χ2v) is 6.47. The lowest BCUT2D eigenvalue weighted by molar-refractivity contribution is 0.103. The molecule has 0 bridgehead atoms. The summed E-state index contributed by atoms with van der Waals surface area (Å²) in [7, 11) is 0. The Labute approximate surface area is 148 Å². The highest BCUT2D eigenvalue weighted by molar-refractivity contribution is 7.17. The molecule has 0 radical (unpaired) electrons. The van der Waals surface area contributed by atoms with Crippen LogP contribution in [0.5, 0.6) is 0 Å². The number of aromatic nitrogens is 1. The Hall–Kier alpha value is -2.68. The number of anilines is 1. The summed E-state index contributed by atoms with van der Waals surface area (Å²) in [5.41, 5.74) is 2.57. The molecular formula is C18H12ClN3OS. The van der Waals surface area contributed by atoms with Crippen molar-refractivity contribution in [2.45, 2.75) is 6.92 Å². The van der Waals surface area contributed by atoms with Crippen LogP contribution in [0.2, 0.25) is 5.02 Å². The lowest BCUT2D eigenvalue weighted by Gasteiger charge is -2.05. The zero-order valence-corrected chi connectivity index (χ0v) is 14.3. The van der Waals surface area contributed by atoms with Crippen molar-refractivity contribution >= 4 is 34.5 Å². The number of amides is 1. The number of nitriles is 1. The predicted molar refractivity (Wildman–Crippen MR) is 96.4 cm³/mol. The molecule has 0 aliphatic rings. The number of rotatable bonds is 3. The Kier molecular flexibility index (Phi) is 4.61. The van der Waals surface area contributed by atoms with Crippen molar-refractivity contribution < 1.29 is 4.79 Å². The quantitative estimate of drug-likeness (QED) is 0.728. The highest BCUT2D eigenvalue weighted by atomic mass is 35.5. The summed E-state index contributed by atoms with van der Waals surface area (Å²) in [6.07, 6.45) is 0. The molecule has 0 aliphatic carbocycles. The van der Waals surface area contributed by atoms with E-state index in [-0.39, 0.29) is 5.91 Å². The standard InChI is InChI=1S/C18H12ClN3OS/c1-11-16(24-18(21-11)12-5-3-2-4-6-12)17(23)22-14-8-7-13(10-20)15(19)9-14/h2-9H,1H3,(H,22,23). The molecule has 0 fully saturated rings. The number of aryl methyl sites for hydroxylation is 1. The molecule has 1 heterocycles. The third-order valence-electron chi connectivity index (χ3n) is 3.37. The summed E-state index contributed by atoms with van der Waals surface area (Å²) in [5.74, 6) is -0.243. The molecule has 1 aromatic heterocycles. The van der Waals surface area contributed by atoms with E-state index in [1.54, 1.807) is 18.2 Å². The topological polar surface area (TPSA) is 65.8 Å². The molecule has 118 valence electrons. The van der Waals surface area contributed by atoms with E-state index in [2.05, 4.69) is 10.3 Å². The molecular weight excluding hydrogens is 342 g/mol. The van der Waals surface area contributed by atoms with Crippen molar-refractivity contribution in [2.24, 2.45) is 0 Å². The molecule has 0 atom stereocenters. The maximum atomic E-state index is 12.5. The number of hydrogen-bond donors (Lipinski definition) is 1. The number of carbonyl (C=O) groups excluding carboxylic acids is 1. The number of benzene rings is 2. The van der Waals surface area contributed by atoms with Gasteiger partial charge in [-0.15, -0.1) is 11.3 Å². The lowest BCUT2D eigenvalue weighted by Crippen LogP contribution is -2.11. The fraction of sp³-hybridized carbons (Fsp3) is 0.0556. The van der Waals surface area contributed by atoms with Gasteiger partial charge in [0.15, 0.2) is 0 Å². The van der Waals surface area contributed by atoms with E-state index in [4.69, 9.17) is 16.9 Å². The largest absolute Gasteiger partial charge is 0.321 e. The maximum absolute atomic E-state index is 12.5. The second kappa shape index (κ2) is 6.83. The minimum atomic E-state index is -0.243. The monoisotopic (exact) mass is 353 g/mol. The zero-order valence-electron chi connectivity index (χ0n) is 12.7. The molecule has 0 unspecified atom stereocenters. The molecule has 1 amide bonds. The third kappa shape index (κ3) is 3.30. The molecule has 2 aromatic carbocycles. The molecule has 0 aliphatic heterocycles. The molecule has 6 heteroatoms. The SMILES string of the molecule is Cc1nc(-c2ccccc2)sc1C(=O)Nc1ccc(C#N)c(Cl)c1. The number of thiazole rings is 1. The van der Waals surface area contributed by atoms with Gasteiger partial charge in [0.25, 0.3) is 5.91 Å². The van der Waals surface area contributed by atoms with Gasteiger partial charge in [0.2, 0.25) is 0 Å². The smallest absolute Gasteiger partial charge is 0.267 e. The normalized spacial score (nSPS) is 10.2. The average molecular weight is 354 g/mol. The summed E-state index contributed by atoms with van der Waals surface area (Å²) in [6, 6.07) is 16.5. The first-order chi connectivity index (χ1) is 11.6. The van der Waals surface area contributed by atoms with Gasteiger partial charge in [-0.1, -0.05) is 41.9 Å². The second-order valence-electron chi connectivity index (χ2n) is 5.06. The minimum absolute atomic E-state index is 0.243. The molecule has 4 nitrogen and oxygen atoms in total. The fourth-order valence-corrected chi connectivity index (χ4v) is 3.37. The minimum Gasteiger partial charge on any atom is -0.321 e. The van der Waals surface area contributed by atoms with Crippen LogP contribution in [0.1, 0.15) is 20.9 Å². The van der Waals surface area contributed by atoms with Crippen LogP contribution >= 0.6 is 22.9 Å². The van der Waals surface area contributed by atoms with Crippen molar-refractivity contribution in [3.05, 3.63) is 69.7 Å². The van der Waals surface area contributed by atoms with E-state index < -0.39 is 0 Å². The van der Waals surface area contributed by atoms with Crippen LogP contribution < -0.4 is 5.32 Å². The van der Waals surface area contributed by atoms with Crippen molar-refractivity contribution in [3.63, 3.8) is 0 Å². The van der Waals surface area contributed by atoms with E-state index in [1.807, 2.05) is 43.3 Å². The van der Waals surface area contributed by atoms with E-state index in [1.165, 1.54) is 11.3 Å². The van der Waals surface area contributed by atoms with E-state index in [0.717, 1.165) is 10.6 Å².